The van der Waals surface area contributed by atoms with Gasteiger partial charge in [0, 0.05) is 15.8 Å². The Morgan fingerprint density at radius 3 is 2.11 bits per heavy atom. The molecule has 19 heavy (non-hydrogen) atoms. The Balaban J connectivity index is 2.01. The van der Waals surface area contributed by atoms with E-state index in [4.69, 9.17) is 0 Å². The van der Waals surface area contributed by atoms with Crippen LogP contribution in [0.25, 0.3) is 0 Å². The van der Waals surface area contributed by atoms with Crippen molar-refractivity contribution in [2.24, 2.45) is 0 Å². The largest absolute Gasteiger partial charge is 0.323 e. The SMILES string of the molecule is Cc1ccc(NC(=O)Nc2ccc(Br)cc2)cc1C. The normalized spacial score (nSPS) is 10.1. The maximum Gasteiger partial charge on any atom is 0.323 e. The van der Waals surface area contributed by atoms with Crippen molar-refractivity contribution in [2.75, 3.05) is 10.6 Å². The Kier molecular flexibility index (Phi) is 4.22. The third-order valence-corrected chi connectivity index (χ3v) is 3.40. The second kappa shape index (κ2) is 5.89. The van der Waals surface area contributed by atoms with Crippen LogP contribution in [0.3, 0.4) is 0 Å². The molecule has 98 valence electrons. The highest BCUT2D eigenvalue weighted by atomic mass is 79.9. The van der Waals surface area contributed by atoms with Crippen molar-refractivity contribution in [1.29, 1.82) is 0 Å². The molecule has 0 spiro atoms. The summed E-state index contributed by atoms with van der Waals surface area (Å²) in [6.07, 6.45) is 0. The highest BCUT2D eigenvalue weighted by Crippen LogP contribution is 2.16. The summed E-state index contributed by atoms with van der Waals surface area (Å²) in [5.41, 5.74) is 3.91. The monoisotopic (exact) mass is 318 g/mol. The van der Waals surface area contributed by atoms with E-state index < -0.39 is 0 Å². The Morgan fingerprint density at radius 2 is 1.47 bits per heavy atom. The lowest BCUT2D eigenvalue weighted by Gasteiger charge is -2.09. The molecule has 2 aromatic carbocycles. The molecule has 2 amide bonds. The third-order valence-electron chi connectivity index (χ3n) is 2.87. The number of hydrogen-bond donors (Lipinski definition) is 2. The standard InChI is InChI=1S/C15H15BrN2O/c1-10-3-6-14(9-11(10)2)18-15(19)17-13-7-4-12(16)5-8-13/h3-9H,1-2H3,(H2,17,18,19). The number of aryl methyl sites for hydroxylation is 2. The number of halogens is 1. The molecule has 0 saturated carbocycles. The number of rotatable bonds is 2. The van der Waals surface area contributed by atoms with Crippen molar-refractivity contribution in [3.05, 3.63) is 58.1 Å². The van der Waals surface area contributed by atoms with E-state index in [0.29, 0.717) is 0 Å². The molecule has 2 N–H and O–H groups in total. The van der Waals surface area contributed by atoms with Gasteiger partial charge in [0.1, 0.15) is 0 Å². The summed E-state index contributed by atoms with van der Waals surface area (Å²) in [4.78, 5) is 11.8. The van der Waals surface area contributed by atoms with Crippen LogP contribution in [-0.2, 0) is 0 Å². The van der Waals surface area contributed by atoms with E-state index in [9.17, 15) is 4.79 Å². The van der Waals surface area contributed by atoms with E-state index in [1.54, 1.807) is 0 Å². The summed E-state index contributed by atoms with van der Waals surface area (Å²) in [6.45, 7) is 4.06. The number of urea groups is 1. The average Bonchev–Trinajstić information content (AvgIpc) is 2.37. The van der Waals surface area contributed by atoms with Gasteiger partial charge in [-0.1, -0.05) is 22.0 Å². The van der Waals surface area contributed by atoms with Crippen molar-refractivity contribution < 1.29 is 4.79 Å². The lowest BCUT2D eigenvalue weighted by Crippen LogP contribution is -2.19. The lowest BCUT2D eigenvalue weighted by atomic mass is 10.1. The molecule has 0 aliphatic carbocycles. The minimum absolute atomic E-state index is 0.245. The fourth-order valence-electron chi connectivity index (χ4n) is 1.65. The molecule has 0 radical (unpaired) electrons. The van der Waals surface area contributed by atoms with Gasteiger partial charge in [0.05, 0.1) is 0 Å². The van der Waals surface area contributed by atoms with E-state index in [1.165, 1.54) is 5.56 Å². The van der Waals surface area contributed by atoms with Crippen molar-refractivity contribution in [1.82, 2.24) is 0 Å². The van der Waals surface area contributed by atoms with Gasteiger partial charge in [0.15, 0.2) is 0 Å². The van der Waals surface area contributed by atoms with Crippen LogP contribution in [-0.4, -0.2) is 6.03 Å². The zero-order valence-electron chi connectivity index (χ0n) is 10.8. The van der Waals surface area contributed by atoms with Crippen LogP contribution in [0.5, 0.6) is 0 Å². The summed E-state index contributed by atoms with van der Waals surface area (Å²) in [7, 11) is 0. The van der Waals surface area contributed by atoms with Crippen molar-refractivity contribution in [2.45, 2.75) is 13.8 Å². The molecule has 0 aromatic heterocycles. The first-order valence-corrected chi connectivity index (χ1v) is 6.75. The highest BCUT2D eigenvalue weighted by molar-refractivity contribution is 9.10. The second-order valence-corrected chi connectivity index (χ2v) is 5.30. The first-order chi connectivity index (χ1) is 9.04. The number of amides is 2. The zero-order valence-corrected chi connectivity index (χ0v) is 12.4. The van der Waals surface area contributed by atoms with Crippen molar-refractivity contribution in [3.8, 4) is 0 Å². The smallest absolute Gasteiger partial charge is 0.308 e. The lowest BCUT2D eigenvalue weighted by molar-refractivity contribution is 0.262. The van der Waals surface area contributed by atoms with Crippen LogP contribution < -0.4 is 10.6 Å². The average molecular weight is 319 g/mol. The van der Waals surface area contributed by atoms with Gasteiger partial charge < -0.3 is 10.6 Å². The van der Waals surface area contributed by atoms with Gasteiger partial charge in [-0.2, -0.15) is 0 Å². The number of benzene rings is 2. The van der Waals surface area contributed by atoms with E-state index in [-0.39, 0.29) is 6.03 Å². The van der Waals surface area contributed by atoms with Crippen LogP contribution in [0, 0.1) is 13.8 Å². The molecule has 0 saturated heterocycles. The summed E-state index contributed by atoms with van der Waals surface area (Å²) in [5, 5.41) is 5.59. The Bertz CT molecular complexity index is 594. The number of anilines is 2. The van der Waals surface area contributed by atoms with Gasteiger partial charge in [0.25, 0.3) is 0 Å². The fourth-order valence-corrected chi connectivity index (χ4v) is 1.91. The van der Waals surface area contributed by atoms with Gasteiger partial charge in [-0.25, -0.2) is 4.79 Å². The predicted octanol–water partition coefficient (Wildman–Crippen LogP) is 4.71. The molecule has 0 bridgehead atoms. The third kappa shape index (κ3) is 3.83. The van der Waals surface area contributed by atoms with E-state index in [0.717, 1.165) is 21.4 Å². The first-order valence-electron chi connectivity index (χ1n) is 5.95. The van der Waals surface area contributed by atoms with Gasteiger partial charge >= 0.3 is 6.03 Å². The second-order valence-electron chi connectivity index (χ2n) is 4.39. The van der Waals surface area contributed by atoms with Crippen LogP contribution >= 0.6 is 15.9 Å². The molecule has 2 aromatic rings. The summed E-state index contributed by atoms with van der Waals surface area (Å²) < 4.78 is 0.979. The molecular weight excluding hydrogens is 304 g/mol. The molecule has 2 rings (SSSR count). The van der Waals surface area contributed by atoms with Crippen LogP contribution in [0.2, 0.25) is 0 Å². The van der Waals surface area contributed by atoms with E-state index >= 15 is 0 Å². The summed E-state index contributed by atoms with van der Waals surface area (Å²) in [6, 6.07) is 13.0. The predicted molar refractivity (Wildman–Crippen MR) is 82.7 cm³/mol. The zero-order chi connectivity index (χ0) is 13.8. The van der Waals surface area contributed by atoms with Gasteiger partial charge in [-0.05, 0) is 61.4 Å². The molecule has 0 heterocycles. The van der Waals surface area contributed by atoms with Crippen molar-refractivity contribution in [3.63, 3.8) is 0 Å². The van der Waals surface area contributed by atoms with E-state index in [2.05, 4.69) is 26.6 Å². The molecule has 3 nitrogen and oxygen atoms in total. The molecule has 0 aliphatic rings. The van der Waals surface area contributed by atoms with Gasteiger partial charge in [0.2, 0.25) is 0 Å². The number of carbonyl (C=O) groups excluding carboxylic acids is 1. The summed E-state index contributed by atoms with van der Waals surface area (Å²) >= 11 is 3.35. The molecule has 0 unspecified atom stereocenters. The Labute approximate surface area is 121 Å². The van der Waals surface area contributed by atoms with Gasteiger partial charge in [-0.15, -0.1) is 0 Å². The van der Waals surface area contributed by atoms with Crippen LogP contribution in [0.15, 0.2) is 46.9 Å². The van der Waals surface area contributed by atoms with Gasteiger partial charge in [-0.3, -0.25) is 0 Å². The van der Waals surface area contributed by atoms with E-state index in [1.807, 2.05) is 56.3 Å². The molecule has 0 fully saturated rings. The minimum Gasteiger partial charge on any atom is -0.308 e. The quantitative estimate of drug-likeness (QED) is 0.827. The number of carbonyl (C=O) groups is 1. The Hall–Kier alpha value is -1.81. The fraction of sp³-hybridized carbons (Fsp3) is 0.133. The van der Waals surface area contributed by atoms with Crippen molar-refractivity contribution >= 4 is 33.3 Å². The Morgan fingerprint density at radius 1 is 0.895 bits per heavy atom. The molecular formula is C15H15BrN2O. The minimum atomic E-state index is -0.245. The molecule has 0 aliphatic heterocycles. The topological polar surface area (TPSA) is 41.1 Å². The molecule has 0 atom stereocenters. The first kappa shape index (κ1) is 13.6. The summed E-state index contributed by atoms with van der Waals surface area (Å²) in [5.74, 6) is 0. The maximum absolute atomic E-state index is 11.8. The highest BCUT2D eigenvalue weighted by Gasteiger charge is 2.03. The number of nitrogens with one attached hydrogen (secondary N) is 2. The van der Waals surface area contributed by atoms with Crippen LogP contribution in [0.1, 0.15) is 11.1 Å². The molecule has 4 heteroatoms. The number of hydrogen-bond acceptors (Lipinski definition) is 1. The maximum atomic E-state index is 11.8. The van der Waals surface area contributed by atoms with Crippen LogP contribution in [0.4, 0.5) is 16.2 Å².